The predicted molar refractivity (Wildman–Crippen MR) is 176 cm³/mol. The third kappa shape index (κ3) is 5.42. The molecule has 2 aromatic heterocycles. The van der Waals surface area contributed by atoms with Crippen LogP contribution in [0.1, 0.15) is 96.4 Å². The monoisotopic (exact) mass is 573 g/mol. The van der Waals surface area contributed by atoms with E-state index in [9.17, 15) is 9.59 Å². The Morgan fingerprint density at radius 1 is 0.860 bits per heavy atom. The summed E-state index contributed by atoms with van der Waals surface area (Å²) in [6, 6.07) is 17.5. The van der Waals surface area contributed by atoms with E-state index in [2.05, 4.69) is 99.3 Å². The second kappa shape index (κ2) is 11.9. The number of nitrogens with one attached hydrogen (secondary N) is 2. The number of piperidine rings is 1. The van der Waals surface area contributed by atoms with Crippen LogP contribution >= 0.6 is 0 Å². The molecule has 2 unspecified atom stereocenters. The van der Waals surface area contributed by atoms with Gasteiger partial charge in [0.1, 0.15) is 0 Å². The molecule has 3 aromatic carbocycles. The molecule has 43 heavy (non-hydrogen) atoms. The maximum Gasteiger partial charge on any atom is 0.230 e. The number of carbonyl (C=O) groups excluding carboxylic acids is 2. The molecule has 2 amide bonds. The first kappa shape index (κ1) is 29.0. The molecule has 0 spiro atoms. The zero-order valence-electron chi connectivity index (χ0n) is 26.1. The molecule has 6 rings (SSSR count). The number of aromatic nitrogens is 2. The maximum atomic E-state index is 14.1. The van der Waals surface area contributed by atoms with Gasteiger partial charge in [0.15, 0.2) is 0 Å². The minimum absolute atomic E-state index is 0.0680. The van der Waals surface area contributed by atoms with Gasteiger partial charge in [-0.15, -0.1) is 0 Å². The van der Waals surface area contributed by atoms with Crippen molar-refractivity contribution in [3.05, 3.63) is 105 Å². The van der Waals surface area contributed by atoms with Crippen LogP contribution in [-0.4, -0.2) is 33.2 Å². The van der Waals surface area contributed by atoms with Crippen molar-refractivity contribution in [2.24, 2.45) is 0 Å². The summed E-state index contributed by atoms with van der Waals surface area (Å²) in [6.45, 7) is 11.3. The molecule has 0 bridgehead atoms. The average Bonchev–Trinajstić information content (AvgIpc) is 3.62. The molecule has 5 aromatic rings. The Morgan fingerprint density at radius 2 is 1.49 bits per heavy atom. The van der Waals surface area contributed by atoms with Crippen LogP contribution in [0.4, 0.5) is 0 Å². The van der Waals surface area contributed by atoms with Gasteiger partial charge in [-0.2, -0.15) is 0 Å². The van der Waals surface area contributed by atoms with Crippen LogP contribution in [0.25, 0.3) is 21.8 Å². The molecular weight excluding hydrogens is 530 g/mol. The molecule has 0 aliphatic carbocycles. The fraction of sp³-hybridized carbons (Fsp3) is 0.368. The number of fused-ring (bicyclic) bond motifs is 2. The number of hydrogen-bond acceptors (Lipinski definition) is 2. The highest BCUT2D eigenvalue weighted by atomic mass is 16.2. The van der Waals surface area contributed by atoms with Crippen LogP contribution in [0.2, 0.25) is 0 Å². The number of benzene rings is 3. The van der Waals surface area contributed by atoms with Crippen LogP contribution < -0.4 is 0 Å². The van der Waals surface area contributed by atoms with Crippen LogP contribution in [0.3, 0.4) is 0 Å². The highest BCUT2D eigenvalue weighted by molar-refractivity contribution is 5.97. The number of aryl methyl sites for hydroxylation is 4. The number of H-pyrrole nitrogens is 2. The normalized spacial score (nSPS) is 16.3. The van der Waals surface area contributed by atoms with E-state index in [-0.39, 0.29) is 30.1 Å². The minimum atomic E-state index is -0.147. The van der Waals surface area contributed by atoms with Crippen LogP contribution in [-0.2, 0) is 28.9 Å². The lowest BCUT2D eigenvalue weighted by atomic mass is 9.82. The Hall–Kier alpha value is -4.12. The van der Waals surface area contributed by atoms with Gasteiger partial charge in [0, 0.05) is 59.5 Å². The Kier molecular flexibility index (Phi) is 8.00. The fourth-order valence-electron chi connectivity index (χ4n) is 7.30. The third-order valence-corrected chi connectivity index (χ3v) is 9.63. The summed E-state index contributed by atoms with van der Waals surface area (Å²) in [5.74, 6) is -0.186. The zero-order chi connectivity index (χ0) is 30.2. The van der Waals surface area contributed by atoms with Crippen molar-refractivity contribution in [2.45, 2.75) is 85.0 Å². The standard InChI is InChI=1S/C38H43N3O2/c1-6-25-17-28(18-26(7-2)29(25)8-3)30(34-22-40-36-12-10-24(5)16-32(34)36)20-38(43)41-14-13-27(19-37(41)42)33-21-39-35-11-9-23(4)15-31(33)35/h9-12,15-18,21-22,27,30,39-40H,6-8,13-14,19-20H2,1-5H3. The quantitative estimate of drug-likeness (QED) is 0.196. The summed E-state index contributed by atoms with van der Waals surface area (Å²) in [5, 5.41) is 2.33. The van der Waals surface area contributed by atoms with Crippen molar-refractivity contribution in [3.8, 4) is 0 Å². The number of likely N-dealkylation sites (tertiary alicyclic amines) is 1. The number of aromatic amines is 2. The number of carbonyl (C=O) groups is 2. The van der Waals surface area contributed by atoms with Gasteiger partial charge in [0.2, 0.25) is 11.8 Å². The summed E-state index contributed by atoms with van der Waals surface area (Å²) in [5.41, 5.74) is 12.2. The Balaban J connectivity index is 1.32. The molecule has 0 radical (unpaired) electrons. The second-order valence-corrected chi connectivity index (χ2v) is 12.4. The van der Waals surface area contributed by atoms with Crippen molar-refractivity contribution in [2.75, 3.05) is 6.54 Å². The largest absolute Gasteiger partial charge is 0.361 e. The van der Waals surface area contributed by atoms with Gasteiger partial charge in [0.25, 0.3) is 0 Å². The maximum absolute atomic E-state index is 14.1. The molecular formula is C38H43N3O2. The number of hydrogen-bond donors (Lipinski definition) is 2. The van der Waals surface area contributed by atoms with Crippen LogP contribution in [0, 0.1) is 13.8 Å². The van der Waals surface area contributed by atoms with E-state index in [1.54, 1.807) is 0 Å². The summed E-state index contributed by atoms with van der Waals surface area (Å²) in [4.78, 5) is 36.0. The van der Waals surface area contributed by atoms with Gasteiger partial charge in [-0.1, -0.05) is 56.2 Å². The van der Waals surface area contributed by atoms with E-state index in [0.29, 0.717) is 13.0 Å². The van der Waals surface area contributed by atoms with Crippen molar-refractivity contribution in [3.63, 3.8) is 0 Å². The number of nitrogens with zero attached hydrogens (tertiary/aromatic N) is 1. The smallest absolute Gasteiger partial charge is 0.230 e. The van der Waals surface area contributed by atoms with Crippen molar-refractivity contribution in [1.29, 1.82) is 0 Å². The van der Waals surface area contributed by atoms with Gasteiger partial charge in [-0.05, 0) is 103 Å². The minimum Gasteiger partial charge on any atom is -0.361 e. The van der Waals surface area contributed by atoms with E-state index in [0.717, 1.165) is 53.2 Å². The topological polar surface area (TPSA) is 69.0 Å². The molecule has 3 heterocycles. The van der Waals surface area contributed by atoms with Gasteiger partial charge in [-0.3, -0.25) is 14.5 Å². The Bertz CT molecular complexity index is 1800. The van der Waals surface area contributed by atoms with Crippen LogP contribution in [0.5, 0.6) is 0 Å². The molecule has 1 fully saturated rings. The first-order valence-corrected chi connectivity index (χ1v) is 15.9. The zero-order valence-corrected chi connectivity index (χ0v) is 26.1. The summed E-state index contributed by atoms with van der Waals surface area (Å²) in [6.07, 6.45) is 8.43. The third-order valence-electron chi connectivity index (χ3n) is 9.63. The van der Waals surface area contributed by atoms with Crippen molar-refractivity contribution in [1.82, 2.24) is 14.9 Å². The summed E-state index contributed by atoms with van der Waals surface area (Å²) >= 11 is 0. The highest BCUT2D eigenvalue weighted by Crippen LogP contribution is 2.38. The van der Waals surface area contributed by atoms with Crippen molar-refractivity contribution < 1.29 is 9.59 Å². The van der Waals surface area contributed by atoms with E-state index in [4.69, 9.17) is 0 Å². The van der Waals surface area contributed by atoms with Gasteiger partial charge in [0.05, 0.1) is 0 Å². The molecule has 5 nitrogen and oxygen atoms in total. The lowest BCUT2D eigenvalue weighted by Gasteiger charge is -2.31. The molecule has 1 aliphatic heterocycles. The molecule has 0 saturated carbocycles. The van der Waals surface area contributed by atoms with E-state index < -0.39 is 0 Å². The average molecular weight is 574 g/mol. The van der Waals surface area contributed by atoms with E-state index in [1.807, 2.05) is 6.20 Å². The second-order valence-electron chi connectivity index (χ2n) is 12.4. The first-order valence-electron chi connectivity index (χ1n) is 15.9. The van der Waals surface area contributed by atoms with E-state index >= 15 is 0 Å². The first-order chi connectivity index (χ1) is 20.8. The number of rotatable bonds is 8. The lowest BCUT2D eigenvalue weighted by Crippen LogP contribution is -2.42. The molecule has 2 N–H and O–H groups in total. The molecule has 2 atom stereocenters. The molecule has 1 saturated heterocycles. The SMILES string of the molecule is CCc1cc(C(CC(=O)N2CCC(c3c[nH]c4ccc(C)cc34)CC2=O)c2c[nH]c3ccc(C)cc23)cc(CC)c1CC. The Morgan fingerprint density at radius 3 is 2.12 bits per heavy atom. The van der Waals surface area contributed by atoms with Gasteiger partial charge >= 0.3 is 0 Å². The van der Waals surface area contributed by atoms with Gasteiger partial charge < -0.3 is 9.97 Å². The Labute approximate surface area is 254 Å². The summed E-state index contributed by atoms with van der Waals surface area (Å²) < 4.78 is 0. The fourth-order valence-corrected chi connectivity index (χ4v) is 7.30. The lowest BCUT2D eigenvalue weighted by molar-refractivity contribution is -0.147. The molecule has 1 aliphatic rings. The highest BCUT2D eigenvalue weighted by Gasteiger charge is 2.34. The van der Waals surface area contributed by atoms with Crippen molar-refractivity contribution >= 4 is 33.6 Å². The molecule has 222 valence electrons. The number of amides is 2. The summed E-state index contributed by atoms with van der Waals surface area (Å²) in [7, 11) is 0. The number of imide groups is 1. The molecule has 5 heteroatoms. The van der Waals surface area contributed by atoms with E-state index in [1.165, 1.54) is 43.7 Å². The predicted octanol–water partition coefficient (Wildman–Crippen LogP) is 8.41. The van der Waals surface area contributed by atoms with Gasteiger partial charge in [-0.25, -0.2) is 0 Å². The van der Waals surface area contributed by atoms with Crippen LogP contribution in [0.15, 0.2) is 60.9 Å².